The number of anilines is 2. The van der Waals surface area contributed by atoms with Crippen LogP contribution in [-0.2, 0) is 4.79 Å². The molecule has 1 atom stereocenters. The fourth-order valence-electron chi connectivity index (χ4n) is 3.18. The topological polar surface area (TPSA) is 57.3 Å². The van der Waals surface area contributed by atoms with Crippen molar-refractivity contribution in [2.24, 2.45) is 0 Å². The van der Waals surface area contributed by atoms with Crippen LogP contribution in [0.25, 0.3) is 10.2 Å². The van der Waals surface area contributed by atoms with Crippen LogP contribution in [0.4, 0.5) is 15.2 Å². The Morgan fingerprint density at radius 3 is 2.96 bits per heavy atom. The van der Waals surface area contributed by atoms with Gasteiger partial charge >= 0.3 is 0 Å². The summed E-state index contributed by atoms with van der Waals surface area (Å²) in [5.41, 5.74) is 1.80. The number of para-hydroxylation sites is 1. The summed E-state index contributed by atoms with van der Waals surface area (Å²) in [7, 11) is 0. The fourth-order valence-corrected chi connectivity index (χ4v) is 4.08. The Hall–Kier alpha value is -2.51. The third-order valence-electron chi connectivity index (χ3n) is 4.38. The molecule has 1 aliphatic heterocycles. The van der Waals surface area contributed by atoms with E-state index in [1.165, 1.54) is 23.5 Å². The highest BCUT2D eigenvalue weighted by molar-refractivity contribution is 7.22. The molecule has 2 heterocycles. The van der Waals surface area contributed by atoms with E-state index in [0.29, 0.717) is 23.2 Å². The second-order valence-corrected chi connectivity index (χ2v) is 7.44. The van der Waals surface area contributed by atoms with Gasteiger partial charge in [0.05, 0.1) is 16.8 Å². The van der Waals surface area contributed by atoms with Gasteiger partial charge in [-0.25, -0.2) is 9.37 Å². The van der Waals surface area contributed by atoms with Gasteiger partial charge in [-0.05, 0) is 36.8 Å². The second kappa shape index (κ2) is 7.39. The maximum atomic E-state index is 13.3. The number of fused-ring (bicyclic) bond motifs is 1. The van der Waals surface area contributed by atoms with Crippen LogP contribution in [0, 0.1) is 5.82 Å². The van der Waals surface area contributed by atoms with E-state index in [-0.39, 0.29) is 11.7 Å². The molecule has 5 nitrogen and oxygen atoms in total. The van der Waals surface area contributed by atoms with Crippen molar-refractivity contribution >= 4 is 38.3 Å². The molecule has 0 bridgehead atoms. The number of hydrogen-bond donors (Lipinski definition) is 2. The maximum Gasteiger partial charge on any atom is 0.240 e. The van der Waals surface area contributed by atoms with E-state index in [1.807, 2.05) is 30.3 Å². The number of carbonyl (C=O) groups is 1. The molecule has 0 spiro atoms. The molecule has 7 heteroatoms. The summed E-state index contributed by atoms with van der Waals surface area (Å²) in [6, 6.07) is 14.9. The molecule has 1 amide bonds. The Morgan fingerprint density at radius 1 is 1.27 bits per heavy atom. The molecule has 26 heavy (non-hydrogen) atoms. The summed E-state index contributed by atoms with van der Waals surface area (Å²) in [4.78, 5) is 18.8. The maximum absolute atomic E-state index is 13.3. The zero-order valence-corrected chi connectivity index (χ0v) is 14.9. The predicted molar refractivity (Wildman–Crippen MR) is 103 cm³/mol. The van der Waals surface area contributed by atoms with Gasteiger partial charge in [-0.2, -0.15) is 0 Å². The lowest BCUT2D eigenvalue weighted by atomic mass is 10.2. The first kappa shape index (κ1) is 16.9. The number of amides is 1. The number of thiazole rings is 1. The van der Waals surface area contributed by atoms with Gasteiger partial charge in [0.1, 0.15) is 5.82 Å². The minimum atomic E-state index is -0.298. The van der Waals surface area contributed by atoms with E-state index in [0.717, 1.165) is 29.9 Å². The van der Waals surface area contributed by atoms with Crippen molar-refractivity contribution in [3.05, 3.63) is 54.3 Å². The van der Waals surface area contributed by atoms with Gasteiger partial charge in [0, 0.05) is 24.8 Å². The van der Waals surface area contributed by atoms with Crippen molar-refractivity contribution < 1.29 is 9.18 Å². The summed E-state index contributed by atoms with van der Waals surface area (Å²) in [6.07, 6.45) is 1.00. The minimum Gasteiger partial charge on any atom is -0.381 e. The Kier molecular flexibility index (Phi) is 4.81. The number of aromatic nitrogens is 1. The van der Waals surface area contributed by atoms with Crippen LogP contribution in [0.15, 0.2) is 48.5 Å². The minimum absolute atomic E-state index is 0.0927. The number of hydrogen-bond acceptors (Lipinski definition) is 5. The molecular weight excluding hydrogens is 351 g/mol. The lowest BCUT2D eigenvalue weighted by molar-refractivity contribution is -0.117. The lowest BCUT2D eigenvalue weighted by Crippen LogP contribution is -2.33. The highest BCUT2D eigenvalue weighted by Crippen LogP contribution is 2.26. The van der Waals surface area contributed by atoms with Crippen LogP contribution < -0.4 is 10.6 Å². The fraction of sp³-hybridized carbons (Fsp3) is 0.263. The first-order valence-electron chi connectivity index (χ1n) is 8.55. The quantitative estimate of drug-likeness (QED) is 0.721. The number of nitrogens with one attached hydrogen (secondary N) is 2. The third kappa shape index (κ3) is 4.00. The predicted octanol–water partition coefficient (Wildman–Crippen LogP) is 3.56. The van der Waals surface area contributed by atoms with E-state index in [4.69, 9.17) is 0 Å². The molecule has 0 radical (unpaired) electrons. The Labute approximate surface area is 154 Å². The highest BCUT2D eigenvalue weighted by atomic mass is 32.1. The Balaban J connectivity index is 1.30. The Morgan fingerprint density at radius 2 is 2.12 bits per heavy atom. The van der Waals surface area contributed by atoms with Crippen LogP contribution in [0.5, 0.6) is 0 Å². The number of likely N-dealkylation sites (tertiary alicyclic amines) is 1. The number of nitrogens with zero attached hydrogens (tertiary/aromatic N) is 2. The molecule has 1 aromatic heterocycles. The first-order chi connectivity index (χ1) is 12.7. The van der Waals surface area contributed by atoms with Gasteiger partial charge in [-0.3, -0.25) is 9.69 Å². The normalized spacial score (nSPS) is 17.5. The van der Waals surface area contributed by atoms with Gasteiger partial charge in [0.2, 0.25) is 5.91 Å². The first-order valence-corrected chi connectivity index (χ1v) is 9.37. The van der Waals surface area contributed by atoms with Crippen molar-refractivity contribution in [2.75, 3.05) is 30.3 Å². The molecule has 4 rings (SSSR count). The standard InChI is InChI=1S/C19H19FN4OS/c20-13-6-7-16-17(10-13)26-19(22-16)23-18(25)12-24-9-8-15(11-24)21-14-4-2-1-3-5-14/h1-7,10,15,21H,8-9,11-12H2,(H,22,23,25). The summed E-state index contributed by atoms with van der Waals surface area (Å²) >= 11 is 1.29. The smallest absolute Gasteiger partial charge is 0.240 e. The zero-order chi connectivity index (χ0) is 17.9. The van der Waals surface area contributed by atoms with Crippen molar-refractivity contribution in [2.45, 2.75) is 12.5 Å². The molecular formula is C19H19FN4OS. The molecule has 1 saturated heterocycles. The van der Waals surface area contributed by atoms with E-state index in [1.54, 1.807) is 6.07 Å². The van der Waals surface area contributed by atoms with Gasteiger partial charge in [-0.15, -0.1) is 0 Å². The number of rotatable bonds is 5. The van der Waals surface area contributed by atoms with Crippen LogP contribution >= 0.6 is 11.3 Å². The van der Waals surface area contributed by atoms with E-state index in [2.05, 4.69) is 20.5 Å². The summed E-state index contributed by atoms with van der Waals surface area (Å²) in [6.45, 7) is 2.04. The van der Waals surface area contributed by atoms with Gasteiger partial charge in [0.15, 0.2) is 5.13 Å². The number of carbonyl (C=O) groups excluding carboxylic acids is 1. The molecule has 0 aliphatic carbocycles. The molecule has 1 unspecified atom stereocenters. The molecule has 2 aromatic carbocycles. The number of benzene rings is 2. The average Bonchev–Trinajstić information content (AvgIpc) is 3.21. The molecule has 1 fully saturated rings. The average molecular weight is 370 g/mol. The lowest BCUT2D eigenvalue weighted by Gasteiger charge is -2.16. The van der Waals surface area contributed by atoms with Crippen molar-refractivity contribution in [3.63, 3.8) is 0 Å². The van der Waals surface area contributed by atoms with Crippen LogP contribution in [0.3, 0.4) is 0 Å². The van der Waals surface area contributed by atoms with E-state index < -0.39 is 0 Å². The molecule has 0 saturated carbocycles. The van der Waals surface area contributed by atoms with Crippen molar-refractivity contribution in [1.29, 1.82) is 0 Å². The van der Waals surface area contributed by atoms with Crippen LogP contribution in [-0.4, -0.2) is 41.5 Å². The van der Waals surface area contributed by atoms with Gasteiger partial charge < -0.3 is 10.6 Å². The third-order valence-corrected chi connectivity index (χ3v) is 5.31. The summed E-state index contributed by atoms with van der Waals surface area (Å²) in [5.74, 6) is -0.391. The molecule has 1 aliphatic rings. The van der Waals surface area contributed by atoms with Crippen molar-refractivity contribution in [3.8, 4) is 0 Å². The molecule has 134 valence electrons. The summed E-state index contributed by atoms with van der Waals surface area (Å²) in [5, 5.41) is 6.83. The zero-order valence-electron chi connectivity index (χ0n) is 14.1. The number of halogens is 1. The SMILES string of the molecule is O=C(CN1CCC(Nc2ccccc2)C1)Nc1nc2ccc(F)cc2s1. The molecule has 2 N–H and O–H groups in total. The largest absolute Gasteiger partial charge is 0.381 e. The van der Waals surface area contributed by atoms with E-state index in [9.17, 15) is 9.18 Å². The van der Waals surface area contributed by atoms with Gasteiger partial charge in [0.25, 0.3) is 0 Å². The summed E-state index contributed by atoms with van der Waals surface area (Å²) < 4.78 is 14.0. The Bertz CT molecular complexity index is 914. The van der Waals surface area contributed by atoms with Crippen molar-refractivity contribution in [1.82, 2.24) is 9.88 Å². The molecule has 3 aromatic rings. The van der Waals surface area contributed by atoms with Crippen LogP contribution in [0.1, 0.15) is 6.42 Å². The second-order valence-electron chi connectivity index (χ2n) is 6.41. The monoisotopic (exact) mass is 370 g/mol. The highest BCUT2D eigenvalue weighted by Gasteiger charge is 2.24. The van der Waals surface area contributed by atoms with Crippen LogP contribution in [0.2, 0.25) is 0 Å². The van der Waals surface area contributed by atoms with Gasteiger partial charge in [-0.1, -0.05) is 29.5 Å². The van der Waals surface area contributed by atoms with E-state index >= 15 is 0 Å².